The van der Waals surface area contributed by atoms with Crippen LogP contribution in [0.25, 0.3) is 21.9 Å². The van der Waals surface area contributed by atoms with Gasteiger partial charge in [-0.05, 0) is 70.0 Å². The third-order valence-corrected chi connectivity index (χ3v) is 7.52. The lowest BCUT2D eigenvalue weighted by Gasteiger charge is -2.29. The molecule has 14 heteroatoms. The van der Waals surface area contributed by atoms with Crippen LogP contribution in [0.3, 0.4) is 0 Å². The Balaban J connectivity index is 1.58. The zero-order valence-corrected chi connectivity index (χ0v) is 25.1. The molecule has 4 N–H and O–H groups in total. The highest BCUT2D eigenvalue weighted by molar-refractivity contribution is 6.05. The Morgan fingerprint density at radius 1 is 1.11 bits per heavy atom. The first-order valence-corrected chi connectivity index (χ1v) is 14.2. The van der Waals surface area contributed by atoms with Crippen LogP contribution in [0.15, 0.2) is 24.5 Å². The van der Waals surface area contributed by atoms with Gasteiger partial charge in [0.05, 0.1) is 24.4 Å². The smallest absolute Gasteiger partial charge is 0.412 e. The van der Waals surface area contributed by atoms with Crippen LogP contribution in [0.5, 0.6) is 5.88 Å². The first-order valence-electron chi connectivity index (χ1n) is 14.2. The Morgan fingerprint density at radius 3 is 2.59 bits per heavy atom. The minimum absolute atomic E-state index is 0.0303. The number of anilines is 3. The van der Waals surface area contributed by atoms with E-state index in [1.54, 1.807) is 40.9 Å². The number of fused-ring (bicyclic) bond motifs is 2. The number of methoxy groups -OCH3 is 1. The molecule has 2 atom stereocenters. The van der Waals surface area contributed by atoms with Crippen molar-refractivity contribution in [3.8, 4) is 17.0 Å². The van der Waals surface area contributed by atoms with Crippen molar-refractivity contribution in [2.75, 3.05) is 35.8 Å². The van der Waals surface area contributed by atoms with Gasteiger partial charge >= 0.3 is 18.2 Å². The fourth-order valence-corrected chi connectivity index (χ4v) is 5.56. The van der Waals surface area contributed by atoms with Gasteiger partial charge in [0.2, 0.25) is 5.88 Å². The Labute approximate surface area is 253 Å². The molecule has 1 aromatic carbocycles. The molecule has 0 spiro atoms. The van der Waals surface area contributed by atoms with Crippen LogP contribution in [0, 0.1) is 12.7 Å². The second-order valence-electron chi connectivity index (χ2n) is 11.7. The first kappa shape index (κ1) is 30.7. The topological polar surface area (TPSA) is 164 Å². The van der Waals surface area contributed by atoms with Crippen LogP contribution in [-0.4, -0.2) is 71.3 Å². The van der Waals surface area contributed by atoms with E-state index in [-0.39, 0.29) is 64.9 Å². The van der Waals surface area contributed by atoms with Gasteiger partial charge in [0.1, 0.15) is 23.7 Å². The van der Waals surface area contributed by atoms with Crippen molar-refractivity contribution in [3.05, 3.63) is 35.9 Å². The van der Waals surface area contributed by atoms with Gasteiger partial charge in [-0.1, -0.05) is 0 Å². The van der Waals surface area contributed by atoms with E-state index in [4.69, 9.17) is 14.2 Å². The lowest BCUT2D eigenvalue weighted by Crippen LogP contribution is -2.43. The molecule has 2 unspecified atom stereocenters. The standard InChI is InChI=1S/C30H35FN6O7/c1-15-18(13-33-26-25(15)37(29(40)41)9-10-43-26)17-11-16-12-22(35-27(38)34-20-7-6-8-21(20)42-5)32-14-19(16)24(23(17)31)36-28(39)44-30(2,3)4/h11-14,20-21H,6-10H2,1-5H3,(H,36,39)(H,40,41)(H2,32,34,35,38). The fourth-order valence-electron chi connectivity index (χ4n) is 5.56. The van der Waals surface area contributed by atoms with Crippen LogP contribution in [-0.2, 0) is 9.47 Å². The summed E-state index contributed by atoms with van der Waals surface area (Å²) < 4.78 is 32.8. The van der Waals surface area contributed by atoms with Gasteiger partial charge in [0.25, 0.3) is 0 Å². The van der Waals surface area contributed by atoms with Crippen molar-refractivity contribution in [2.24, 2.45) is 0 Å². The summed E-state index contributed by atoms with van der Waals surface area (Å²) in [6.07, 6.45) is 3.16. The summed E-state index contributed by atoms with van der Waals surface area (Å²) in [5.41, 5.74) is -0.123. The number of hydrogen-bond donors (Lipinski definition) is 4. The molecule has 0 radical (unpaired) electrons. The molecule has 3 aromatic rings. The van der Waals surface area contributed by atoms with E-state index in [1.165, 1.54) is 18.5 Å². The molecule has 5 rings (SSSR count). The van der Waals surface area contributed by atoms with Crippen LogP contribution < -0.4 is 25.6 Å². The summed E-state index contributed by atoms with van der Waals surface area (Å²) in [5, 5.41) is 18.6. The van der Waals surface area contributed by atoms with E-state index < -0.39 is 29.6 Å². The van der Waals surface area contributed by atoms with Crippen molar-refractivity contribution < 1.29 is 38.1 Å². The number of pyridine rings is 2. The number of nitrogens with zero attached hydrogens (tertiary/aromatic N) is 3. The summed E-state index contributed by atoms with van der Waals surface area (Å²) >= 11 is 0. The summed E-state index contributed by atoms with van der Waals surface area (Å²) in [6, 6.07) is 2.47. The molecular formula is C30H35FN6O7. The highest BCUT2D eigenvalue weighted by atomic mass is 19.1. The predicted molar refractivity (Wildman–Crippen MR) is 161 cm³/mol. The van der Waals surface area contributed by atoms with Crippen LogP contribution >= 0.6 is 0 Å². The lowest BCUT2D eigenvalue weighted by atomic mass is 9.96. The number of carbonyl (C=O) groups is 3. The minimum Gasteiger partial charge on any atom is -0.474 e. The highest BCUT2D eigenvalue weighted by Crippen LogP contribution is 2.42. The maximum Gasteiger partial charge on any atom is 0.412 e. The van der Waals surface area contributed by atoms with E-state index in [0.29, 0.717) is 10.9 Å². The van der Waals surface area contributed by atoms with Crippen molar-refractivity contribution in [1.29, 1.82) is 0 Å². The third-order valence-electron chi connectivity index (χ3n) is 7.52. The first-order chi connectivity index (χ1) is 20.9. The largest absolute Gasteiger partial charge is 0.474 e. The molecule has 1 fully saturated rings. The molecule has 1 aliphatic carbocycles. The van der Waals surface area contributed by atoms with E-state index in [9.17, 15) is 19.5 Å². The molecule has 0 bridgehead atoms. The maximum atomic E-state index is 16.4. The van der Waals surface area contributed by atoms with E-state index in [0.717, 1.165) is 24.2 Å². The van der Waals surface area contributed by atoms with Crippen molar-refractivity contribution in [3.63, 3.8) is 0 Å². The van der Waals surface area contributed by atoms with Gasteiger partial charge < -0.3 is 24.6 Å². The van der Waals surface area contributed by atoms with Crippen LogP contribution in [0.2, 0.25) is 0 Å². The van der Waals surface area contributed by atoms with Crippen LogP contribution in [0.1, 0.15) is 45.6 Å². The number of carbonyl (C=O) groups excluding carboxylic acids is 2. The van der Waals surface area contributed by atoms with Gasteiger partial charge in [-0.25, -0.2) is 28.7 Å². The third kappa shape index (κ3) is 6.30. The van der Waals surface area contributed by atoms with E-state index >= 15 is 4.39 Å². The number of rotatable bonds is 5. The van der Waals surface area contributed by atoms with E-state index in [1.807, 2.05) is 0 Å². The average molecular weight is 611 g/mol. The predicted octanol–water partition coefficient (Wildman–Crippen LogP) is 5.66. The molecule has 13 nitrogen and oxygen atoms in total. The number of carboxylic acid groups (broad SMARTS) is 1. The lowest BCUT2D eigenvalue weighted by molar-refractivity contribution is 0.0635. The van der Waals surface area contributed by atoms with E-state index in [2.05, 4.69) is 25.9 Å². The number of aromatic nitrogens is 2. The molecule has 44 heavy (non-hydrogen) atoms. The average Bonchev–Trinajstić information content (AvgIpc) is 3.40. The summed E-state index contributed by atoms with van der Waals surface area (Å²) in [4.78, 5) is 47.2. The normalized spacial score (nSPS) is 17.9. The van der Waals surface area contributed by atoms with Gasteiger partial charge in [-0.15, -0.1) is 0 Å². The van der Waals surface area contributed by atoms with Crippen LogP contribution in [0.4, 0.5) is 36.0 Å². The zero-order chi connectivity index (χ0) is 31.8. The number of amides is 4. The van der Waals surface area contributed by atoms with Crippen molar-refractivity contribution in [1.82, 2.24) is 15.3 Å². The SMILES string of the molecule is COC1CCCC1NC(=O)Nc1cc2cc(-c3cnc4c(c3C)N(C(=O)O)CCO4)c(F)c(NC(=O)OC(C)(C)C)c2cn1. The number of hydrogen-bond acceptors (Lipinski definition) is 8. The van der Waals surface area contributed by atoms with Gasteiger partial charge in [0, 0.05) is 36.0 Å². The van der Waals surface area contributed by atoms with Crippen molar-refractivity contribution in [2.45, 2.75) is 64.7 Å². The zero-order valence-electron chi connectivity index (χ0n) is 25.1. The Kier molecular flexibility index (Phi) is 8.46. The second-order valence-corrected chi connectivity index (χ2v) is 11.7. The number of benzene rings is 1. The number of ether oxygens (including phenoxy) is 3. The Morgan fingerprint density at radius 2 is 1.89 bits per heavy atom. The molecule has 1 saturated carbocycles. The molecule has 2 aromatic heterocycles. The molecule has 4 amide bonds. The number of nitrogens with one attached hydrogen (secondary N) is 3. The highest BCUT2D eigenvalue weighted by Gasteiger charge is 2.31. The maximum absolute atomic E-state index is 16.4. The van der Waals surface area contributed by atoms with Gasteiger partial charge in [0.15, 0.2) is 5.82 Å². The fraction of sp³-hybridized carbons (Fsp3) is 0.433. The number of halogens is 1. The molecule has 2 aliphatic rings. The molecule has 3 heterocycles. The summed E-state index contributed by atoms with van der Waals surface area (Å²) in [7, 11) is 1.61. The van der Waals surface area contributed by atoms with Crippen molar-refractivity contribution >= 4 is 46.2 Å². The summed E-state index contributed by atoms with van der Waals surface area (Å²) in [5.74, 6) is -0.500. The Hall–Kier alpha value is -4.72. The quantitative estimate of drug-likeness (QED) is 0.285. The Bertz CT molecular complexity index is 1630. The second kappa shape index (κ2) is 12.1. The minimum atomic E-state index is -1.20. The molecule has 1 aliphatic heterocycles. The monoisotopic (exact) mass is 610 g/mol. The van der Waals surface area contributed by atoms with Gasteiger partial charge in [-0.2, -0.15) is 0 Å². The molecule has 234 valence electrons. The molecular weight excluding hydrogens is 575 g/mol. The number of urea groups is 1. The summed E-state index contributed by atoms with van der Waals surface area (Å²) in [6.45, 7) is 6.89. The van der Waals surface area contributed by atoms with Gasteiger partial charge in [-0.3, -0.25) is 15.5 Å². The molecule has 0 saturated heterocycles.